The van der Waals surface area contributed by atoms with Crippen molar-refractivity contribution in [1.29, 1.82) is 0 Å². The van der Waals surface area contributed by atoms with Gasteiger partial charge in [0.2, 0.25) is 5.91 Å². The third-order valence-electron chi connectivity index (χ3n) is 7.11. The number of nitrogens with one attached hydrogen (secondary N) is 1. The number of hydrazine groups is 1. The van der Waals surface area contributed by atoms with Gasteiger partial charge in [-0.05, 0) is 18.8 Å². The highest BCUT2D eigenvalue weighted by Gasteiger charge is 2.13. The van der Waals surface area contributed by atoms with E-state index in [-0.39, 0.29) is 5.91 Å². The van der Waals surface area contributed by atoms with Crippen LogP contribution in [0.3, 0.4) is 0 Å². The van der Waals surface area contributed by atoms with E-state index in [4.69, 9.17) is 24.8 Å². The van der Waals surface area contributed by atoms with E-state index in [1.54, 1.807) is 0 Å². The van der Waals surface area contributed by atoms with Crippen LogP contribution in [0.25, 0.3) is 0 Å². The van der Waals surface area contributed by atoms with E-state index in [0.29, 0.717) is 58.6 Å². The van der Waals surface area contributed by atoms with Crippen LogP contribution in [0, 0.1) is 5.92 Å². The van der Waals surface area contributed by atoms with Gasteiger partial charge in [0.05, 0.1) is 52.9 Å². The summed E-state index contributed by atoms with van der Waals surface area (Å²) >= 11 is 0. The number of piperazine rings is 1. The van der Waals surface area contributed by atoms with Gasteiger partial charge in [-0.15, -0.1) is 0 Å². The van der Waals surface area contributed by atoms with Gasteiger partial charge in [0.1, 0.15) is 0 Å². The third kappa shape index (κ3) is 17.6. The summed E-state index contributed by atoms with van der Waals surface area (Å²) in [6.07, 6.45) is 13.7. The maximum absolute atomic E-state index is 12.2. The second kappa shape index (κ2) is 22.2. The molecule has 0 aromatic heterocycles. The first-order chi connectivity index (χ1) is 17.7. The second-order valence-electron chi connectivity index (χ2n) is 10.2. The van der Waals surface area contributed by atoms with E-state index in [1.807, 2.05) is 5.01 Å². The molecule has 1 saturated heterocycles. The van der Waals surface area contributed by atoms with Crippen LogP contribution in [0.2, 0.25) is 0 Å². The average molecular weight is 515 g/mol. The lowest BCUT2D eigenvalue weighted by atomic mass is 9.95. The van der Waals surface area contributed by atoms with Crippen LogP contribution < -0.4 is 11.2 Å². The van der Waals surface area contributed by atoms with E-state index in [1.165, 1.54) is 64.2 Å². The number of hydrogen-bond donors (Lipinski definition) is 2. The molecule has 9 nitrogen and oxygen atoms in total. The summed E-state index contributed by atoms with van der Waals surface area (Å²) in [5, 5.41) is 4.99. The Bertz CT molecular complexity index is 508. The minimum atomic E-state index is 0.0963. The van der Waals surface area contributed by atoms with Crippen molar-refractivity contribution in [1.82, 2.24) is 15.2 Å². The zero-order valence-corrected chi connectivity index (χ0v) is 22.8. The van der Waals surface area contributed by atoms with Gasteiger partial charge in [-0.2, -0.15) is 0 Å². The summed E-state index contributed by atoms with van der Waals surface area (Å²) in [5.41, 5.74) is 0. The molecule has 3 N–H and O–H groups in total. The van der Waals surface area contributed by atoms with E-state index in [2.05, 4.69) is 10.2 Å². The molecular formula is C27H54N4O5. The van der Waals surface area contributed by atoms with Crippen LogP contribution in [0.15, 0.2) is 0 Å². The van der Waals surface area contributed by atoms with Gasteiger partial charge in [0.25, 0.3) is 0 Å². The van der Waals surface area contributed by atoms with Gasteiger partial charge in [-0.3, -0.25) is 15.5 Å². The highest BCUT2D eigenvalue weighted by atomic mass is 16.6. The Hall–Kier alpha value is -0.810. The lowest BCUT2D eigenvalue weighted by Gasteiger charge is -2.31. The Morgan fingerprint density at radius 1 is 0.667 bits per heavy atom. The van der Waals surface area contributed by atoms with Gasteiger partial charge in [0.15, 0.2) is 0 Å². The molecule has 0 spiro atoms. The van der Waals surface area contributed by atoms with Gasteiger partial charge in [-0.1, -0.05) is 51.4 Å². The lowest BCUT2D eigenvalue weighted by molar-refractivity contribution is -0.122. The average Bonchev–Trinajstić information content (AvgIpc) is 2.94. The van der Waals surface area contributed by atoms with Crippen LogP contribution in [0.5, 0.6) is 0 Å². The number of carbonyl (C=O) groups excluding carboxylic acids is 1. The Kier molecular flexibility index (Phi) is 19.4. The van der Waals surface area contributed by atoms with Crippen molar-refractivity contribution in [3.8, 4) is 0 Å². The van der Waals surface area contributed by atoms with E-state index in [0.717, 1.165) is 45.9 Å². The van der Waals surface area contributed by atoms with Crippen LogP contribution in [-0.4, -0.2) is 108 Å². The van der Waals surface area contributed by atoms with E-state index < -0.39 is 0 Å². The molecular weight excluding hydrogens is 460 g/mol. The number of nitrogens with two attached hydrogens (primary N) is 1. The van der Waals surface area contributed by atoms with Gasteiger partial charge in [0, 0.05) is 45.7 Å². The molecule has 36 heavy (non-hydrogen) atoms. The van der Waals surface area contributed by atoms with Crippen molar-refractivity contribution in [3.05, 3.63) is 0 Å². The second-order valence-corrected chi connectivity index (χ2v) is 10.2. The predicted molar refractivity (Wildman–Crippen MR) is 143 cm³/mol. The normalized spacial score (nSPS) is 19.7. The summed E-state index contributed by atoms with van der Waals surface area (Å²) in [4.78, 5) is 14.5. The number of ether oxygens (including phenoxy) is 4. The summed E-state index contributed by atoms with van der Waals surface area (Å²) in [6.45, 7) is 10.0. The van der Waals surface area contributed by atoms with Crippen molar-refractivity contribution >= 4 is 5.91 Å². The van der Waals surface area contributed by atoms with Crippen molar-refractivity contribution in [3.63, 3.8) is 0 Å². The van der Waals surface area contributed by atoms with Crippen molar-refractivity contribution in [2.75, 3.05) is 92.1 Å². The Labute approximate surface area is 219 Å². The van der Waals surface area contributed by atoms with E-state index >= 15 is 0 Å². The van der Waals surface area contributed by atoms with Crippen LogP contribution >= 0.6 is 0 Å². The van der Waals surface area contributed by atoms with Crippen molar-refractivity contribution in [2.45, 2.75) is 70.6 Å². The molecule has 212 valence electrons. The molecule has 2 rings (SSSR count). The van der Waals surface area contributed by atoms with Crippen LogP contribution in [0.4, 0.5) is 0 Å². The van der Waals surface area contributed by atoms with Crippen LogP contribution in [0.1, 0.15) is 70.6 Å². The first-order valence-corrected chi connectivity index (χ1v) is 14.5. The molecule has 2 fully saturated rings. The topological polar surface area (TPSA) is 98.5 Å². The summed E-state index contributed by atoms with van der Waals surface area (Å²) in [7, 11) is 0. The first kappa shape index (κ1) is 31.4. The third-order valence-corrected chi connectivity index (χ3v) is 7.11. The molecule has 0 aromatic rings. The van der Waals surface area contributed by atoms with Crippen molar-refractivity contribution < 1.29 is 23.7 Å². The largest absolute Gasteiger partial charge is 0.379 e. The molecule has 1 aliphatic carbocycles. The fourth-order valence-corrected chi connectivity index (χ4v) is 4.73. The standard InChI is InChI=1S/C27H54N4O5/c28-31-14-12-30(13-15-31)16-18-34-20-22-36-24-23-35-21-19-33-17-11-27(32)29-25-26-9-7-5-3-1-2-4-6-8-10-26/h26H,1-25,28H2,(H,29,32). The number of nitrogens with zero attached hydrogens (tertiary/aromatic N) is 2. The summed E-state index contributed by atoms with van der Waals surface area (Å²) in [6, 6.07) is 0. The molecule has 1 heterocycles. The fraction of sp³-hybridized carbons (Fsp3) is 0.963. The molecule has 0 atom stereocenters. The fourth-order valence-electron chi connectivity index (χ4n) is 4.73. The van der Waals surface area contributed by atoms with Crippen LogP contribution in [-0.2, 0) is 23.7 Å². The molecule has 0 radical (unpaired) electrons. The van der Waals surface area contributed by atoms with Crippen molar-refractivity contribution in [2.24, 2.45) is 11.8 Å². The maximum Gasteiger partial charge on any atom is 0.222 e. The highest BCUT2D eigenvalue weighted by molar-refractivity contribution is 5.75. The smallest absolute Gasteiger partial charge is 0.222 e. The Balaban J connectivity index is 1.30. The molecule has 0 aromatic carbocycles. The molecule has 9 heteroatoms. The monoisotopic (exact) mass is 514 g/mol. The zero-order valence-electron chi connectivity index (χ0n) is 22.8. The highest BCUT2D eigenvalue weighted by Crippen LogP contribution is 2.20. The molecule has 1 aliphatic heterocycles. The lowest BCUT2D eigenvalue weighted by Crippen LogP contribution is -2.50. The molecule has 1 saturated carbocycles. The maximum atomic E-state index is 12.2. The zero-order chi connectivity index (χ0) is 25.5. The van der Waals surface area contributed by atoms with Gasteiger partial charge in [-0.25, -0.2) is 5.01 Å². The summed E-state index contributed by atoms with van der Waals surface area (Å²) in [5.74, 6) is 6.49. The molecule has 2 aliphatic rings. The number of hydrogen-bond acceptors (Lipinski definition) is 8. The predicted octanol–water partition coefficient (Wildman–Crippen LogP) is 2.58. The Morgan fingerprint density at radius 2 is 1.14 bits per heavy atom. The number of amides is 1. The Morgan fingerprint density at radius 3 is 1.69 bits per heavy atom. The number of carbonyl (C=O) groups is 1. The van der Waals surface area contributed by atoms with Gasteiger partial charge < -0.3 is 24.3 Å². The SMILES string of the molecule is NN1CCN(CCOCCOCCOCCOCCC(=O)NCC2CCCCCCCCCC2)CC1. The summed E-state index contributed by atoms with van der Waals surface area (Å²) < 4.78 is 22.2. The molecule has 0 unspecified atom stereocenters. The van der Waals surface area contributed by atoms with E-state index in [9.17, 15) is 4.79 Å². The number of rotatable bonds is 17. The van der Waals surface area contributed by atoms with Gasteiger partial charge >= 0.3 is 0 Å². The molecule has 0 bridgehead atoms. The first-order valence-electron chi connectivity index (χ1n) is 14.5. The minimum Gasteiger partial charge on any atom is -0.379 e. The minimum absolute atomic E-state index is 0.0963. The molecule has 1 amide bonds. The quantitative estimate of drug-likeness (QED) is 0.226.